The summed E-state index contributed by atoms with van der Waals surface area (Å²) in [7, 11) is 1.88. The number of aromatic nitrogens is 2. The Morgan fingerprint density at radius 2 is 2.24 bits per heavy atom. The van der Waals surface area contributed by atoms with Gasteiger partial charge in [-0.1, -0.05) is 5.16 Å². The minimum absolute atomic E-state index is 0.00477. The van der Waals surface area contributed by atoms with Crippen LogP contribution in [0.1, 0.15) is 51.4 Å². The van der Waals surface area contributed by atoms with Gasteiger partial charge < -0.3 is 14.6 Å². The average Bonchev–Trinajstić information content (AvgIpc) is 3.02. The van der Waals surface area contributed by atoms with E-state index in [1.807, 2.05) is 27.8 Å². The minimum atomic E-state index is -0.300. The van der Waals surface area contributed by atoms with Crippen LogP contribution < -0.4 is 5.32 Å². The van der Waals surface area contributed by atoms with E-state index in [0.29, 0.717) is 24.2 Å². The smallest absolute Gasteiger partial charge is 0.246 e. The fourth-order valence-electron chi connectivity index (χ4n) is 1.71. The molecule has 2 rings (SSSR count). The quantitative estimate of drug-likeness (QED) is 0.823. The van der Waals surface area contributed by atoms with Gasteiger partial charge in [-0.25, -0.2) is 0 Å². The molecule has 0 bridgehead atoms. The first-order valence-electron chi connectivity index (χ1n) is 6.23. The molecule has 0 aliphatic heterocycles. The number of nitrogens with zero attached hydrogens (tertiary/aromatic N) is 2. The minimum Gasteiger partial charge on any atom is -0.370 e. The SMILES string of the molecule is CCOC(c1noc(C(C)(C)NC)n1)C1CC1. The van der Waals surface area contributed by atoms with Crippen LogP contribution in [-0.2, 0) is 10.3 Å². The lowest BCUT2D eigenvalue weighted by atomic mass is 10.1. The van der Waals surface area contributed by atoms with Crippen LogP contribution in [0.2, 0.25) is 0 Å². The number of ether oxygens (including phenoxy) is 1. The Labute approximate surface area is 102 Å². The van der Waals surface area contributed by atoms with Crippen LogP contribution in [0.25, 0.3) is 0 Å². The molecule has 1 aliphatic rings. The van der Waals surface area contributed by atoms with E-state index < -0.39 is 0 Å². The second kappa shape index (κ2) is 4.74. The predicted octanol–water partition coefficient (Wildman–Crippen LogP) is 2.01. The third kappa shape index (κ3) is 2.66. The van der Waals surface area contributed by atoms with Gasteiger partial charge in [0.2, 0.25) is 11.7 Å². The molecule has 0 spiro atoms. The van der Waals surface area contributed by atoms with Crippen molar-refractivity contribution in [3.8, 4) is 0 Å². The van der Waals surface area contributed by atoms with Crippen LogP contribution in [-0.4, -0.2) is 23.8 Å². The number of rotatable bonds is 6. The van der Waals surface area contributed by atoms with E-state index in [0.717, 1.165) is 0 Å². The zero-order valence-electron chi connectivity index (χ0n) is 11.0. The molecule has 0 amide bonds. The summed E-state index contributed by atoms with van der Waals surface area (Å²) < 4.78 is 11.0. The molecule has 1 aromatic heterocycles. The maximum Gasteiger partial charge on any atom is 0.246 e. The lowest BCUT2D eigenvalue weighted by Crippen LogP contribution is -2.33. The molecule has 5 nitrogen and oxygen atoms in total. The Bertz CT molecular complexity index is 372. The number of hydrogen-bond donors (Lipinski definition) is 1. The highest BCUT2D eigenvalue weighted by molar-refractivity contribution is 5.03. The van der Waals surface area contributed by atoms with Gasteiger partial charge in [0.25, 0.3) is 0 Å². The first-order valence-corrected chi connectivity index (χ1v) is 6.23. The maximum atomic E-state index is 5.71. The van der Waals surface area contributed by atoms with E-state index in [1.165, 1.54) is 12.8 Å². The third-order valence-electron chi connectivity index (χ3n) is 3.25. The fraction of sp³-hybridized carbons (Fsp3) is 0.833. The highest BCUT2D eigenvalue weighted by Crippen LogP contribution is 2.42. The highest BCUT2D eigenvalue weighted by Gasteiger charge is 2.37. The van der Waals surface area contributed by atoms with Crippen LogP contribution in [0.4, 0.5) is 0 Å². The number of nitrogens with one attached hydrogen (secondary N) is 1. The molecule has 1 heterocycles. The van der Waals surface area contributed by atoms with E-state index in [2.05, 4.69) is 15.5 Å². The second-order valence-corrected chi connectivity index (χ2v) is 5.05. The second-order valence-electron chi connectivity index (χ2n) is 5.05. The molecule has 1 aromatic rings. The molecule has 1 N–H and O–H groups in total. The van der Waals surface area contributed by atoms with Crippen molar-refractivity contribution >= 4 is 0 Å². The summed E-state index contributed by atoms with van der Waals surface area (Å²) in [5, 5.41) is 7.21. The van der Waals surface area contributed by atoms with Crippen molar-refractivity contribution in [1.82, 2.24) is 15.5 Å². The van der Waals surface area contributed by atoms with Crippen molar-refractivity contribution in [2.24, 2.45) is 5.92 Å². The number of hydrogen-bond acceptors (Lipinski definition) is 5. The molecule has 0 radical (unpaired) electrons. The largest absolute Gasteiger partial charge is 0.370 e. The predicted molar refractivity (Wildman–Crippen MR) is 63.5 cm³/mol. The van der Waals surface area contributed by atoms with Gasteiger partial charge in [0, 0.05) is 6.61 Å². The zero-order chi connectivity index (χ0) is 12.5. The molecule has 0 aromatic carbocycles. The molecule has 1 atom stereocenters. The summed E-state index contributed by atoms with van der Waals surface area (Å²) in [6, 6.07) is 0. The van der Waals surface area contributed by atoms with E-state index in [-0.39, 0.29) is 11.6 Å². The average molecular weight is 239 g/mol. The Morgan fingerprint density at radius 1 is 1.53 bits per heavy atom. The zero-order valence-corrected chi connectivity index (χ0v) is 11.0. The van der Waals surface area contributed by atoms with Gasteiger partial charge in [0.1, 0.15) is 6.10 Å². The fourth-order valence-corrected chi connectivity index (χ4v) is 1.71. The van der Waals surface area contributed by atoms with Crippen LogP contribution in [0.15, 0.2) is 4.52 Å². The van der Waals surface area contributed by atoms with Crippen LogP contribution in [0.5, 0.6) is 0 Å². The van der Waals surface area contributed by atoms with E-state index in [4.69, 9.17) is 9.26 Å². The molecule has 96 valence electrons. The molecule has 1 saturated carbocycles. The van der Waals surface area contributed by atoms with Crippen molar-refractivity contribution < 1.29 is 9.26 Å². The van der Waals surface area contributed by atoms with Crippen molar-refractivity contribution in [1.29, 1.82) is 0 Å². The van der Waals surface area contributed by atoms with Crippen molar-refractivity contribution in [3.05, 3.63) is 11.7 Å². The molecule has 1 aliphatic carbocycles. The Morgan fingerprint density at radius 3 is 2.76 bits per heavy atom. The van der Waals surface area contributed by atoms with Gasteiger partial charge in [-0.05, 0) is 46.6 Å². The van der Waals surface area contributed by atoms with Crippen LogP contribution in [0, 0.1) is 5.92 Å². The van der Waals surface area contributed by atoms with Crippen molar-refractivity contribution in [2.75, 3.05) is 13.7 Å². The summed E-state index contributed by atoms with van der Waals surface area (Å²) >= 11 is 0. The molecule has 1 fully saturated rings. The van der Waals surface area contributed by atoms with Gasteiger partial charge in [-0.2, -0.15) is 4.98 Å². The Balaban J connectivity index is 2.15. The van der Waals surface area contributed by atoms with Crippen LogP contribution in [0.3, 0.4) is 0 Å². The van der Waals surface area contributed by atoms with E-state index >= 15 is 0 Å². The maximum absolute atomic E-state index is 5.71. The summed E-state index contributed by atoms with van der Waals surface area (Å²) in [5.41, 5.74) is -0.300. The van der Waals surface area contributed by atoms with Crippen molar-refractivity contribution in [2.45, 2.75) is 45.3 Å². The molecular weight excluding hydrogens is 218 g/mol. The highest BCUT2D eigenvalue weighted by atomic mass is 16.5. The topological polar surface area (TPSA) is 60.2 Å². The van der Waals surface area contributed by atoms with Gasteiger partial charge in [-0.15, -0.1) is 0 Å². The van der Waals surface area contributed by atoms with E-state index in [9.17, 15) is 0 Å². The summed E-state index contributed by atoms with van der Waals surface area (Å²) in [6.07, 6.45) is 2.40. The van der Waals surface area contributed by atoms with Crippen molar-refractivity contribution in [3.63, 3.8) is 0 Å². The third-order valence-corrected chi connectivity index (χ3v) is 3.25. The lowest BCUT2D eigenvalue weighted by Gasteiger charge is -2.18. The molecule has 5 heteroatoms. The first kappa shape index (κ1) is 12.5. The monoisotopic (exact) mass is 239 g/mol. The molecular formula is C12H21N3O2. The molecule has 1 unspecified atom stereocenters. The molecule has 0 saturated heterocycles. The summed E-state index contributed by atoms with van der Waals surface area (Å²) in [4.78, 5) is 4.47. The van der Waals surface area contributed by atoms with Crippen LogP contribution >= 0.6 is 0 Å². The summed E-state index contributed by atoms with van der Waals surface area (Å²) in [5.74, 6) is 1.87. The Hall–Kier alpha value is -0.940. The lowest BCUT2D eigenvalue weighted by molar-refractivity contribution is 0.0384. The van der Waals surface area contributed by atoms with Gasteiger partial charge in [-0.3, -0.25) is 0 Å². The molecule has 17 heavy (non-hydrogen) atoms. The first-order chi connectivity index (χ1) is 8.08. The summed E-state index contributed by atoms with van der Waals surface area (Å²) in [6.45, 7) is 6.70. The van der Waals surface area contributed by atoms with E-state index in [1.54, 1.807) is 0 Å². The Kier molecular flexibility index (Phi) is 3.49. The van der Waals surface area contributed by atoms with Gasteiger partial charge in [0.15, 0.2) is 0 Å². The normalized spacial score (nSPS) is 18.4. The standard InChI is InChI=1S/C12H21N3O2/c1-5-16-9(8-6-7-8)10-14-11(17-15-10)12(2,3)13-4/h8-9,13H,5-7H2,1-4H3. The van der Waals surface area contributed by atoms with Gasteiger partial charge >= 0.3 is 0 Å². The van der Waals surface area contributed by atoms with Gasteiger partial charge in [0.05, 0.1) is 5.54 Å².